The van der Waals surface area contributed by atoms with Crippen molar-refractivity contribution in [1.29, 1.82) is 0 Å². The molecule has 5 heteroatoms. The lowest BCUT2D eigenvalue weighted by atomic mass is 10.3. The Balaban J connectivity index is 2.80. The van der Waals surface area contributed by atoms with Crippen molar-refractivity contribution < 1.29 is 15.0 Å². The molecule has 0 fully saturated rings. The van der Waals surface area contributed by atoms with Gasteiger partial charge in [0, 0.05) is 11.6 Å². The van der Waals surface area contributed by atoms with Crippen LogP contribution in [-0.4, -0.2) is 21.2 Å². The number of carboxylic acids is 1. The van der Waals surface area contributed by atoms with Gasteiger partial charge in [0.1, 0.15) is 0 Å². The van der Waals surface area contributed by atoms with Crippen molar-refractivity contribution in [1.82, 2.24) is 4.98 Å². The third-order valence-corrected chi connectivity index (χ3v) is 2.61. The molecule has 2 aromatic heterocycles. The number of carbonyl (C=O) groups is 1. The molecule has 2 N–H and O–H groups in total. The number of pyridine rings is 1. The highest BCUT2D eigenvalue weighted by molar-refractivity contribution is 7.17. The van der Waals surface area contributed by atoms with Crippen LogP contribution in [0.4, 0.5) is 0 Å². The van der Waals surface area contributed by atoms with Gasteiger partial charge in [-0.3, -0.25) is 0 Å². The van der Waals surface area contributed by atoms with E-state index in [1.165, 1.54) is 17.5 Å². The van der Waals surface area contributed by atoms with Crippen molar-refractivity contribution in [2.45, 2.75) is 0 Å². The van der Waals surface area contributed by atoms with Crippen LogP contribution in [0.25, 0.3) is 10.1 Å². The Hall–Kier alpha value is -1.62. The average molecular weight is 195 g/mol. The van der Waals surface area contributed by atoms with Crippen molar-refractivity contribution in [3.8, 4) is 5.75 Å². The summed E-state index contributed by atoms with van der Waals surface area (Å²) >= 11 is 1.29. The summed E-state index contributed by atoms with van der Waals surface area (Å²) in [6.07, 6.45) is 1.44. The van der Waals surface area contributed by atoms with Crippen molar-refractivity contribution in [3.63, 3.8) is 0 Å². The van der Waals surface area contributed by atoms with E-state index in [-0.39, 0.29) is 11.4 Å². The molecule has 0 aromatic carbocycles. The maximum Gasteiger partial charge on any atom is 0.358 e. The lowest BCUT2D eigenvalue weighted by Gasteiger charge is -1.98. The van der Waals surface area contributed by atoms with E-state index in [1.807, 2.05) is 0 Å². The van der Waals surface area contributed by atoms with Crippen LogP contribution >= 0.6 is 11.3 Å². The third-order valence-electron chi connectivity index (χ3n) is 1.67. The van der Waals surface area contributed by atoms with Crippen LogP contribution < -0.4 is 0 Å². The van der Waals surface area contributed by atoms with Crippen molar-refractivity contribution >= 4 is 27.4 Å². The molecule has 2 rings (SSSR count). The van der Waals surface area contributed by atoms with E-state index in [2.05, 4.69) is 4.98 Å². The number of aromatic hydroxyl groups is 1. The summed E-state index contributed by atoms with van der Waals surface area (Å²) in [5, 5.41) is 20.7. The Bertz CT molecular complexity index is 477. The number of carboxylic acid groups (broad SMARTS) is 1. The van der Waals surface area contributed by atoms with Gasteiger partial charge in [-0.05, 0) is 11.4 Å². The lowest BCUT2D eigenvalue weighted by molar-refractivity contribution is 0.0687. The minimum Gasteiger partial charge on any atom is -0.504 e. The largest absolute Gasteiger partial charge is 0.504 e. The molecule has 0 aliphatic rings. The molecule has 66 valence electrons. The number of thiophene rings is 1. The second-order valence-electron chi connectivity index (χ2n) is 2.47. The first-order valence-corrected chi connectivity index (χ1v) is 4.36. The average Bonchev–Trinajstić information content (AvgIpc) is 2.52. The van der Waals surface area contributed by atoms with Crippen LogP contribution in [0, 0.1) is 0 Å². The molecular formula is C8H5NO3S. The number of aromatic carboxylic acids is 1. The molecule has 0 aliphatic heterocycles. The molecule has 0 radical (unpaired) electrons. The van der Waals surface area contributed by atoms with E-state index >= 15 is 0 Å². The van der Waals surface area contributed by atoms with Crippen LogP contribution in [0.2, 0.25) is 0 Å². The molecule has 0 atom stereocenters. The van der Waals surface area contributed by atoms with Crippen LogP contribution in [0.15, 0.2) is 17.6 Å². The molecule has 0 amide bonds. The first kappa shape index (κ1) is 8.00. The van der Waals surface area contributed by atoms with Gasteiger partial charge in [0.05, 0.1) is 4.70 Å². The Morgan fingerprint density at radius 3 is 3.00 bits per heavy atom. The fourth-order valence-corrected chi connectivity index (χ4v) is 1.89. The van der Waals surface area contributed by atoms with Gasteiger partial charge >= 0.3 is 5.97 Å². The molecule has 0 bridgehead atoms. The van der Waals surface area contributed by atoms with E-state index < -0.39 is 5.97 Å². The van der Waals surface area contributed by atoms with Crippen molar-refractivity contribution in [2.24, 2.45) is 0 Å². The summed E-state index contributed by atoms with van der Waals surface area (Å²) in [5.41, 5.74) is -0.296. The summed E-state index contributed by atoms with van der Waals surface area (Å²) < 4.78 is 0.562. The van der Waals surface area contributed by atoms with E-state index in [9.17, 15) is 9.90 Å². The number of rotatable bonds is 1. The molecule has 0 spiro atoms. The zero-order valence-corrected chi connectivity index (χ0v) is 7.21. The second-order valence-corrected chi connectivity index (χ2v) is 3.38. The highest BCUT2D eigenvalue weighted by atomic mass is 32.1. The highest BCUT2D eigenvalue weighted by Gasteiger charge is 2.14. The predicted molar refractivity (Wildman–Crippen MR) is 48.2 cm³/mol. The SMILES string of the molecule is O=C(O)c1ncc2ccsc2c1O. The topological polar surface area (TPSA) is 70.4 Å². The number of hydrogen-bond donors (Lipinski definition) is 2. The minimum absolute atomic E-state index is 0.250. The number of hydrogen-bond acceptors (Lipinski definition) is 4. The molecule has 13 heavy (non-hydrogen) atoms. The standard InChI is InChI=1S/C8H5NO3S/c10-6-5(8(11)12)9-3-4-1-2-13-7(4)6/h1-3,10H,(H,11,12). The fourth-order valence-electron chi connectivity index (χ4n) is 1.07. The Kier molecular flexibility index (Phi) is 1.66. The molecule has 4 nitrogen and oxygen atoms in total. The summed E-state index contributed by atoms with van der Waals surface area (Å²) in [4.78, 5) is 14.2. The van der Waals surface area contributed by atoms with Crippen molar-refractivity contribution in [2.75, 3.05) is 0 Å². The zero-order chi connectivity index (χ0) is 9.42. The van der Waals surface area contributed by atoms with Crippen molar-refractivity contribution in [3.05, 3.63) is 23.3 Å². The smallest absolute Gasteiger partial charge is 0.358 e. The molecule has 0 unspecified atom stereocenters. The maximum absolute atomic E-state index is 10.6. The lowest BCUT2D eigenvalue weighted by Crippen LogP contribution is -1.99. The monoisotopic (exact) mass is 195 g/mol. The number of aromatic nitrogens is 1. The van der Waals surface area contributed by atoms with Crippen LogP contribution in [-0.2, 0) is 0 Å². The van der Waals surface area contributed by atoms with E-state index in [1.54, 1.807) is 11.4 Å². The van der Waals surface area contributed by atoms with E-state index in [0.717, 1.165) is 5.39 Å². The quantitative estimate of drug-likeness (QED) is 0.726. The predicted octanol–water partition coefficient (Wildman–Crippen LogP) is 1.70. The molecule has 0 aliphatic carbocycles. The van der Waals surface area contributed by atoms with Gasteiger partial charge in [-0.15, -0.1) is 11.3 Å². The van der Waals surface area contributed by atoms with Gasteiger partial charge in [-0.2, -0.15) is 0 Å². The first-order chi connectivity index (χ1) is 6.20. The maximum atomic E-state index is 10.6. The minimum atomic E-state index is -1.22. The Morgan fingerprint density at radius 1 is 1.54 bits per heavy atom. The number of fused-ring (bicyclic) bond motifs is 1. The van der Waals surface area contributed by atoms with Gasteiger partial charge in [-0.1, -0.05) is 0 Å². The van der Waals surface area contributed by atoms with Gasteiger partial charge < -0.3 is 10.2 Å². The zero-order valence-electron chi connectivity index (χ0n) is 6.39. The molecule has 2 heterocycles. The molecular weight excluding hydrogens is 190 g/mol. The summed E-state index contributed by atoms with van der Waals surface area (Å²) in [6.45, 7) is 0. The Morgan fingerprint density at radius 2 is 2.31 bits per heavy atom. The Labute approximate surface area is 77.1 Å². The third kappa shape index (κ3) is 1.13. The van der Waals surface area contributed by atoms with Gasteiger partial charge in [0.25, 0.3) is 0 Å². The van der Waals surface area contributed by atoms with Crippen LogP contribution in [0.1, 0.15) is 10.5 Å². The van der Waals surface area contributed by atoms with E-state index in [4.69, 9.17) is 5.11 Å². The fraction of sp³-hybridized carbons (Fsp3) is 0. The molecule has 0 saturated heterocycles. The first-order valence-electron chi connectivity index (χ1n) is 3.48. The number of nitrogens with zero attached hydrogens (tertiary/aromatic N) is 1. The summed E-state index contributed by atoms with van der Waals surface area (Å²) in [6, 6.07) is 1.78. The summed E-state index contributed by atoms with van der Waals surface area (Å²) in [5.74, 6) is -1.46. The molecule has 0 saturated carbocycles. The van der Waals surface area contributed by atoms with Gasteiger partial charge in [0.15, 0.2) is 11.4 Å². The van der Waals surface area contributed by atoms with Crippen LogP contribution in [0.5, 0.6) is 5.75 Å². The van der Waals surface area contributed by atoms with Gasteiger partial charge in [0.2, 0.25) is 0 Å². The van der Waals surface area contributed by atoms with Crippen LogP contribution in [0.3, 0.4) is 0 Å². The van der Waals surface area contributed by atoms with E-state index in [0.29, 0.717) is 4.70 Å². The second kappa shape index (κ2) is 2.70. The summed E-state index contributed by atoms with van der Waals surface area (Å²) in [7, 11) is 0. The highest BCUT2D eigenvalue weighted by Crippen LogP contribution is 2.31. The normalized spacial score (nSPS) is 10.5. The van der Waals surface area contributed by atoms with Gasteiger partial charge in [-0.25, -0.2) is 9.78 Å². The molecule has 2 aromatic rings.